The van der Waals surface area contributed by atoms with Gasteiger partial charge in [0, 0.05) is 15.7 Å². The minimum atomic E-state index is -0.733. The standard InChI is InChI=1S/C20H17Cl2NO.ClH/c21-16-10-6-14(7-11-16)19(23-18-4-2-1-3-5-18)20(24)15-8-12-17(22)13-9-15;/h1-13,19-20,23-24H;1H. The summed E-state index contributed by atoms with van der Waals surface area (Å²) in [6.45, 7) is 0. The average molecular weight is 395 g/mol. The zero-order valence-electron chi connectivity index (χ0n) is 13.3. The van der Waals surface area contributed by atoms with Crippen LogP contribution >= 0.6 is 35.6 Å². The number of nitrogens with one attached hydrogen (secondary N) is 1. The minimum absolute atomic E-state index is 0. The molecule has 0 saturated heterocycles. The average Bonchev–Trinajstić information content (AvgIpc) is 2.62. The zero-order valence-corrected chi connectivity index (χ0v) is 15.6. The fraction of sp³-hybridized carbons (Fsp3) is 0.100. The molecule has 5 heteroatoms. The highest BCUT2D eigenvalue weighted by Crippen LogP contribution is 2.33. The lowest BCUT2D eigenvalue weighted by Crippen LogP contribution is -2.19. The van der Waals surface area contributed by atoms with Crippen molar-refractivity contribution >= 4 is 41.3 Å². The molecule has 3 aromatic rings. The van der Waals surface area contributed by atoms with Gasteiger partial charge in [-0.05, 0) is 47.5 Å². The predicted molar refractivity (Wildman–Crippen MR) is 108 cm³/mol. The first-order chi connectivity index (χ1) is 11.6. The molecule has 0 bridgehead atoms. The zero-order chi connectivity index (χ0) is 16.9. The Morgan fingerprint density at radius 3 is 1.68 bits per heavy atom. The Kier molecular flexibility index (Phi) is 7.15. The van der Waals surface area contributed by atoms with Gasteiger partial charge < -0.3 is 10.4 Å². The molecule has 2 unspecified atom stereocenters. The van der Waals surface area contributed by atoms with E-state index in [9.17, 15) is 5.11 Å². The number of rotatable bonds is 5. The van der Waals surface area contributed by atoms with Crippen LogP contribution in [-0.2, 0) is 0 Å². The Balaban J connectivity index is 0.00000225. The van der Waals surface area contributed by atoms with E-state index < -0.39 is 6.10 Å². The number of hydrogen-bond donors (Lipinski definition) is 2. The van der Waals surface area contributed by atoms with Crippen LogP contribution in [0.3, 0.4) is 0 Å². The van der Waals surface area contributed by atoms with Gasteiger partial charge in [-0.15, -0.1) is 12.4 Å². The monoisotopic (exact) mass is 393 g/mol. The van der Waals surface area contributed by atoms with Crippen molar-refractivity contribution in [2.45, 2.75) is 12.1 Å². The summed E-state index contributed by atoms with van der Waals surface area (Å²) in [7, 11) is 0. The first kappa shape index (κ1) is 19.6. The molecule has 0 aliphatic heterocycles. The molecule has 0 aliphatic carbocycles. The van der Waals surface area contributed by atoms with Crippen molar-refractivity contribution in [3.63, 3.8) is 0 Å². The first-order valence-electron chi connectivity index (χ1n) is 7.64. The van der Waals surface area contributed by atoms with Gasteiger partial charge in [0.15, 0.2) is 0 Å². The first-order valence-corrected chi connectivity index (χ1v) is 8.39. The fourth-order valence-corrected chi connectivity index (χ4v) is 2.83. The molecule has 0 amide bonds. The molecule has 0 heterocycles. The maximum atomic E-state index is 10.9. The van der Waals surface area contributed by atoms with Crippen LogP contribution in [0.15, 0.2) is 78.9 Å². The molecule has 3 rings (SSSR count). The van der Waals surface area contributed by atoms with Gasteiger partial charge in [-0.1, -0.05) is 65.7 Å². The second-order valence-electron chi connectivity index (χ2n) is 5.54. The van der Waals surface area contributed by atoms with Crippen molar-refractivity contribution in [3.8, 4) is 0 Å². The number of anilines is 1. The van der Waals surface area contributed by atoms with E-state index in [0.29, 0.717) is 10.0 Å². The van der Waals surface area contributed by atoms with Crippen LogP contribution in [0.4, 0.5) is 5.69 Å². The van der Waals surface area contributed by atoms with E-state index in [-0.39, 0.29) is 18.4 Å². The van der Waals surface area contributed by atoms with Crippen molar-refractivity contribution in [2.24, 2.45) is 0 Å². The number of para-hydroxylation sites is 1. The Morgan fingerprint density at radius 2 is 1.16 bits per heavy atom. The fourth-order valence-electron chi connectivity index (χ4n) is 2.58. The Hall–Kier alpha value is -1.71. The lowest BCUT2D eigenvalue weighted by Gasteiger charge is -2.26. The van der Waals surface area contributed by atoms with Crippen molar-refractivity contribution in [3.05, 3.63) is 100 Å². The maximum Gasteiger partial charge on any atom is 0.103 e. The van der Waals surface area contributed by atoms with Crippen LogP contribution in [0.1, 0.15) is 23.3 Å². The molecule has 0 fully saturated rings. The van der Waals surface area contributed by atoms with Gasteiger partial charge in [-0.3, -0.25) is 0 Å². The van der Waals surface area contributed by atoms with Crippen LogP contribution in [0.2, 0.25) is 10.0 Å². The molecule has 0 aromatic heterocycles. The van der Waals surface area contributed by atoms with E-state index in [1.807, 2.05) is 66.7 Å². The predicted octanol–water partition coefficient (Wildman–Crippen LogP) is 6.30. The van der Waals surface area contributed by atoms with E-state index in [4.69, 9.17) is 23.2 Å². The summed E-state index contributed by atoms with van der Waals surface area (Å²) < 4.78 is 0. The van der Waals surface area contributed by atoms with Gasteiger partial charge >= 0.3 is 0 Å². The molecule has 25 heavy (non-hydrogen) atoms. The van der Waals surface area contributed by atoms with Gasteiger partial charge in [0.1, 0.15) is 6.10 Å². The van der Waals surface area contributed by atoms with E-state index >= 15 is 0 Å². The highest BCUT2D eigenvalue weighted by molar-refractivity contribution is 6.30. The van der Waals surface area contributed by atoms with E-state index in [1.165, 1.54) is 0 Å². The van der Waals surface area contributed by atoms with Gasteiger partial charge in [-0.2, -0.15) is 0 Å². The van der Waals surface area contributed by atoms with Crippen LogP contribution in [0.5, 0.6) is 0 Å². The van der Waals surface area contributed by atoms with Gasteiger partial charge in [0.05, 0.1) is 6.04 Å². The highest BCUT2D eigenvalue weighted by atomic mass is 35.5. The SMILES string of the molecule is Cl.OC(c1ccc(Cl)cc1)C(Nc1ccccc1)c1ccc(Cl)cc1. The minimum Gasteiger partial charge on any atom is -0.386 e. The van der Waals surface area contributed by atoms with E-state index in [2.05, 4.69) is 5.32 Å². The van der Waals surface area contributed by atoms with Gasteiger partial charge in [0.2, 0.25) is 0 Å². The summed E-state index contributed by atoms with van der Waals surface area (Å²) in [5.74, 6) is 0. The molecule has 2 nitrogen and oxygen atoms in total. The normalized spacial score (nSPS) is 12.8. The number of aliphatic hydroxyl groups excluding tert-OH is 1. The highest BCUT2D eigenvalue weighted by Gasteiger charge is 2.22. The summed E-state index contributed by atoms with van der Waals surface area (Å²) >= 11 is 11.9. The molecule has 3 aromatic carbocycles. The van der Waals surface area contributed by atoms with Crippen LogP contribution in [-0.4, -0.2) is 5.11 Å². The summed E-state index contributed by atoms with van der Waals surface area (Å²) in [6, 6.07) is 24.2. The number of benzene rings is 3. The van der Waals surface area contributed by atoms with E-state index in [0.717, 1.165) is 16.8 Å². The molecule has 0 saturated carbocycles. The Morgan fingerprint density at radius 1 is 0.680 bits per heavy atom. The van der Waals surface area contributed by atoms with Crippen molar-refractivity contribution in [2.75, 3.05) is 5.32 Å². The molecule has 0 radical (unpaired) electrons. The van der Waals surface area contributed by atoms with Gasteiger partial charge in [-0.25, -0.2) is 0 Å². The Labute approximate surface area is 163 Å². The van der Waals surface area contributed by atoms with E-state index in [1.54, 1.807) is 12.1 Å². The third-order valence-electron chi connectivity index (χ3n) is 3.85. The van der Waals surface area contributed by atoms with Crippen molar-refractivity contribution < 1.29 is 5.11 Å². The topological polar surface area (TPSA) is 32.3 Å². The van der Waals surface area contributed by atoms with Crippen LogP contribution in [0, 0.1) is 0 Å². The number of hydrogen-bond acceptors (Lipinski definition) is 2. The molecule has 2 atom stereocenters. The summed E-state index contributed by atoms with van der Waals surface area (Å²) in [5.41, 5.74) is 2.68. The molecule has 130 valence electrons. The quantitative estimate of drug-likeness (QED) is 0.532. The third-order valence-corrected chi connectivity index (χ3v) is 4.36. The number of halogens is 3. The van der Waals surface area contributed by atoms with Crippen LogP contribution in [0.25, 0.3) is 0 Å². The summed E-state index contributed by atoms with van der Waals surface area (Å²) in [5, 5.41) is 15.6. The lowest BCUT2D eigenvalue weighted by molar-refractivity contribution is 0.155. The van der Waals surface area contributed by atoms with Crippen LogP contribution < -0.4 is 5.32 Å². The Bertz CT molecular complexity index is 776. The summed E-state index contributed by atoms with van der Waals surface area (Å²) in [6.07, 6.45) is -0.733. The largest absolute Gasteiger partial charge is 0.386 e. The van der Waals surface area contributed by atoms with Gasteiger partial charge in [0.25, 0.3) is 0 Å². The second-order valence-corrected chi connectivity index (χ2v) is 6.41. The lowest BCUT2D eigenvalue weighted by atomic mass is 9.95. The maximum absolute atomic E-state index is 10.9. The van der Waals surface area contributed by atoms with Crippen molar-refractivity contribution in [1.29, 1.82) is 0 Å². The van der Waals surface area contributed by atoms with Crippen molar-refractivity contribution in [1.82, 2.24) is 0 Å². The molecule has 0 aliphatic rings. The second kappa shape index (κ2) is 9.12. The molecule has 0 spiro atoms. The smallest absolute Gasteiger partial charge is 0.103 e. The molecular formula is C20H18Cl3NO. The molecule has 2 N–H and O–H groups in total. The third kappa shape index (κ3) is 5.13. The summed E-state index contributed by atoms with van der Waals surface area (Å²) in [4.78, 5) is 0. The molecular weight excluding hydrogens is 377 g/mol. The number of aliphatic hydroxyl groups is 1.